The van der Waals surface area contributed by atoms with Crippen LogP contribution in [0.3, 0.4) is 0 Å². The second kappa shape index (κ2) is 12.4. The number of hydrogen-bond donors (Lipinski definition) is 3. The summed E-state index contributed by atoms with van der Waals surface area (Å²) in [6.07, 6.45) is 0. The predicted octanol–water partition coefficient (Wildman–Crippen LogP) is 4.54. The van der Waals surface area contributed by atoms with Gasteiger partial charge in [-0.15, -0.1) is 0 Å². The van der Waals surface area contributed by atoms with Crippen molar-refractivity contribution in [3.63, 3.8) is 0 Å². The van der Waals surface area contributed by atoms with Crippen LogP contribution >= 0.6 is 11.3 Å². The van der Waals surface area contributed by atoms with Crippen LogP contribution < -0.4 is 16.4 Å². The lowest BCUT2D eigenvalue weighted by atomic mass is 10.1. The van der Waals surface area contributed by atoms with Gasteiger partial charge in [-0.25, -0.2) is 13.4 Å². The number of nitrogens with one attached hydrogen (secondary N) is 2. The molecule has 3 aromatic carbocycles. The molecular weight excluding hydrogens is 583 g/mol. The van der Waals surface area contributed by atoms with E-state index in [0.717, 1.165) is 22.7 Å². The zero-order valence-electron chi connectivity index (χ0n) is 23.5. The minimum Gasteiger partial charge on any atom is -0.368 e. The summed E-state index contributed by atoms with van der Waals surface area (Å²) in [6, 6.07) is 26.6. The number of benzene rings is 3. The third kappa shape index (κ3) is 6.49. The van der Waals surface area contributed by atoms with Crippen molar-refractivity contribution in [3.8, 4) is 22.0 Å². The van der Waals surface area contributed by atoms with Crippen molar-refractivity contribution in [1.29, 1.82) is 0 Å². The van der Waals surface area contributed by atoms with Crippen LogP contribution in [0.1, 0.15) is 5.56 Å². The van der Waals surface area contributed by atoms with Crippen molar-refractivity contribution >= 4 is 44.1 Å². The van der Waals surface area contributed by atoms with Gasteiger partial charge in [0.1, 0.15) is 4.88 Å². The van der Waals surface area contributed by atoms with Crippen molar-refractivity contribution in [1.82, 2.24) is 29.1 Å². The smallest absolute Gasteiger partial charge is 0.243 e. The molecule has 0 saturated carbocycles. The molecule has 0 atom stereocenters. The Hall–Kier alpha value is -4.43. The Labute approximate surface area is 254 Å². The molecule has 1 saturated heterocycles. The van der Waals surface area contributed by atoms with E-state index in [4.69, 9.17) is 10.7 Å². The first-order valence-electron chi connectivity index (χ1n) is 13.8. The van der Waals surface area contributed by atoms with Gasteiger partial charge in [-0.3, -0.25) is 4.90 Å². The molecule has 0 aliphatic carbocycles. The van der Waals surface area contributed by atoms with Gasteiger partial charge in [-0.05, 0) is 23.8 Å². The SMILES string of the molecule is CNc1nc(-c2ccccc2)c(-c2nc(N)nc(Nc3cccc(S(=O)(=O)N4CCN(Cc5ccccc5)CC4)c3)n2)s1. The molecule has 4 N–H and O–H groups in total. The van der Waals surface area contributed by atoms with E-state index in [1.165, 1.54) is 16.9 Å². The molecule has 1 aliphatic rings. The number of thiazole rings is 1. The van der Waals surface area contributed by atoms with Gasteiger partial charge in [0.2, 0.25) is 21.9 Å². The monoisotopic (exact) mass is 613 g/mol. The fourth-order valence-electron chi connectivity index (χ4n) is 4.90. The molecule has 43 heavy (non-hydrogen) atoms. The first-order chi connectivity index (χ1) is 20.9. The van der Waals surface area contributed by atoms with Crippen LogP contribution in [0.5, 0.6) is 0 Å². The van der Waals surface area contributed by atoms with Crippen LogP contribution in [0, 0.1) is 0 Å². The molecule has 3 heterocycles. The van der Waals surface area contributed by atoms with E-state index in [1.807, 2.05) is 48.5 Å². The van der Waals surface area contributed by atoms with Crippen molar-refractivity contribution in [2.45, 2.75) is 11.4 Å². The number of piperazine rings is 1. The van der Waals surface area contributed by atoms with Crippen LogP contribution in [0.2, 0.25) is 0 Å². The van der Waals surface area contributed by atoms with E-state index < -0.39 is 10.0 Å². The normalized spacial score (nSPS) is 14.4. The van der Waals surface area contributed by atoms with Crippen molar-refractivity contribution in [2.75, 3.05) is 49.6 Å². The van der Waals surface area contributed by atoms with Gasteiger partial charge < -0.3 is 16.4 Å². The quantitative estimate of drug-likeness (QED) is 0.217. The standard InChI is InChI=1S/C30H31N9O2S2/c1-32-30-34-25(22-11-6-3-7-12-22)26(42-30)27-35-28(31)37-29(36-27)33-23-13-8-14-24(19-23)43(40,41)39-17-15-38(16-18-39)20-21-9-4-2-5-10-21/h2-14,19H,15-18,20H2,1H3,(H,32,34)(H3,31,33,35,36,37). The van der Waals surface area contributed by atoms with Gasteiger partial charge in [0, 0.05) is 51.0 Å². The first kappa shape index (κ1) is 28.7. The highest BCUT2D eigenvalue weighted by molar-refractivity contribution is 7.89. The average molecular weight is 614 g/mol. The molecule has 0 spiro atoms. The highest BCUT2D eigenvalue weighted by Crippen LogP contribution is 2.38. The maximum absolute atomic E-state index is 13.6. The summed E-state index contributed by atoms with van der Waals surface area (Å²) in [6.45, 7) is 2.98. The summed E-state index contributed by atoms with van der Waals surface area (Å²) < 4.78 is 28.7. The Morgan fingerprint density at radius 3 is 2.30 bits per heavy atom. The molecule has 11 nitrogen and oxygen atoms in total. The van der Waals surface area contributed by atoms with Gasteiger partial charge in [0.15, 0.2) is 11.0 Å². The summed E-state index contributed by atoms with van der Waals surface area (Å²) in [5, 5.41) is 6.91. The zero-order valence-corrected chi connectivity index (χ0v) is 25.1. The molecule has 5 aromatic rings. The first-order valence-corrected chi connectivity index (χ1v) is 16.0. The van der Waals surface area contributed by atoms with Gasteiger partial charge in [0.25, 0.3) is 0 Å². The molecule has 0 bridgehead atoms. The third-order valence-electron chi connectivity index (χ3n) is 7.05. The summed E-state index contributed by atoms with van der Waals surface area (Å²) >= 11 is 1.41. The van der Waals surface area contributed by atoms with Crippen LogP contribution in [0.4, 0.5) is 22.7 Å². The van der Waals surface area contributed by atoms with E-state index in [9.17, 15) is 8.42 Å². The molecule has 2 aromatic heterocycles. The van der Waals surface area contributed by atoms with Crippen LogP contribution in [-0.4, -0.2) is 70.8 Å². The molecule has 0 amide bonds. The fourth-order valence-corrected chi connectivity index (χ4v) is 7.25. The fraction of sp³-hybridized carbons (Fsp3) is 0.200. The van der Waals surface area contributed by atoms with Gasteiger partial charge >= 0.3 is 0 Å². The average Bonchev–Trinajstić information content (AvgIpc) is 3.47. The van der Waals surface area contributed by atoms with Crippen LogP contribution in [0.25, 0.3) is 22.0 Å². The predicted molar refractivity (Wildman–Crippen MR) is 171 cm³/mol. The molecule has 0 radical (unpaired) electrons. The Balaban J connectivity index is 1.20. The summed E-state index contributed by atoms with van der Waals surface area (Å²) in [4.78, 5) is 21.2. The van der Waals surface area contributed by atoms with E-state index in [1.54, 1.807) is 35.6 Å². The van der Waals surface area contributed by atoms with Crippen molar-refractivity contribution < 1.29 is 8.42 Å². The number of sulfonamides is 1. The molecule has 1 aliphatic heterocycles. The Morgan fingerprint density at radius 1 is 0.860 bits per heavy atom. The maximum Gasteiger partial charge on any atom is 0.243 e. The zero-order chi connectivity index (χ0) is 29.8. The van der Waals surface area contributed by atoms with Crippen molar-refractivity contribution in [2.24, 2.45) is 0 Å². The third-order valence-corrected chi connectivity index (χ3v) is 10.0. The van der Waals surface area contributed by atoms with Gasteiger partial charge in [-0.2, -0.15) is 19.3 Å². The lowest BCUT2D eigenvalue weighted by Crippen LogP contribution is -2.48. The number of nitrogens with two attached hydrogens (primary N) is 1. The molecule has 1 fully saturated rings. The lowest BCUT2D eigenvalue weighted by molar-refractivity contribution is 0.181. The van der Waals surface area contributed by atoms with E-state index in [0.29, 0.717) is 42.8 Å². The Morgan fingerprint density at radius 2 is 1.58 bits per heavy atom. The highest BCUT2D eigenvalue weighted by atomic mass is 32.2. The van der Waals surface area contributed by atoms with E-state index >= 15 is 0 Å². The summed E-state index contributed by atoms with van der Waals surface area (Å²) in [5.41, 5.74) is 9.47. The molecule has 0 unspecified atom stereocenters. The van der Waals surface area contributed by atoms with Crippen molar-refractivity contribution in [3.05, 3.63) is 90.5 Å². The molecule has 13 heteroatoms. The number of anilines is 4. The van der Waals surface area contributed by atoms with Crippen LogP contribution in [0.15, 0.2) is 89.8 Å². The second-order valence-corrected chi connectivity index (χ2v) is 12.9. The molecule has 220 valence electrons. The Kier molecular flexibility index (Phi) is 8.29. The number of aromatic nitrogens is 4. The van der Waals surface area contributed by atoms with Gasteiger partial charge in [-0.1, -0.05) is 78.1 Å². The topological polar surface area (TPSA) is 142 Å². The maximum atomic E-state index is 13.6. The Bertz CT molecular complexity index is 1810. The molecular formula is C30H31N9O2S2. The van der Waals surface area contributed by atoms with E-state index in [2.05, 4.69) is 42.6 Å². The number of nitrogen functional groups attached to an aromatic ring is 1. The largest absolute Gasteiger partial charge is 0.368 e. The second-order valence-electron chi connectivity index (χ2n) is 9.97. The minimum absolute atomic E-state index is 0.0306. The number of rotatable bonds is 9. The minimum atomic E-state index is -3.69. The van der Waals surface area contributed by atoms with E-state index in [-0.39, 0.29) is 16.8 Å². The van der Waals surface area contributed by atoms with Crippen LogP contribution in [-0.2, 0) is 16.6 Å². The van der Waals surface area contributed by atoms with Gasteiger partial charge in [0.05, 0.1) is 10.6 Å². The highest BCUT2D eigenvalue weighted by Gasteiger charge is 2.29. The molecule has 6 rings (SSSR count). The summed E-state index contributed by atoms with van der Waals surface area (Å²) in [7, 11) is -1.89. The summed E-state index contributed by atoms with van der Waals surface area (Å²) in [5.74, 6) is 0.595. The number of nitrogens with zero attached hydrogens (tertiary/aromatic N) is 6. The lowest BCUT2D eigenvalue weighted by Gasteiger charge is -2.34. The number of hydrogen-bond acceptors (Lipinski definition) is 11.